The Morgan fingerprint density at radius 3 is 2.49 bits per heavy atom. The Morgan fingerprint density at radius 1 is 1.04 bits per heavy atom. The zero-order chi connectivity index (χ0) is 34.2. The third kappa shape index (κ3) is 10.4. The van der Waals surface area contributed by atoms with Crippen molar-refractivity contribution in [1.29, 1.82) is 0 Å². The summed E-state index contributed by atoms with van der Waals surface area (Å²) in [6, 6.07) is 11.9. The highest BCUT2D eigenvalue weighted by Gasteiger charge is 2.45. The van der Waals surface area contributed by atoms with Crippen molar-refractivity contribution < 1.29 is 51.2 Å². The molecule has 2 heterocycles. The van der Waals surface area contributed by atoms with E-state index in [1.807, 2.05) is 25.1 Å². The molecule has 4 rings (SSSR count). The van der Waals surface area contributed by atoms with E-state index in [1.54, 1.807) is 69.3 Å². The highest BCUT2D eigenvalue weighted by Crippen LogP contribution is 2.36. The topological polar surface area (TPSA) is 133 Å². The minimum absolute atomic E-state index is 0.0235. The third-order valence-electron chi connectivity index (χ3n) is 7.67. The summed E-state index contributed by atoms with van der Waals surface area (Å²) in [5.41, 5.74) is 1.04. The van der Waals surface area contributed by atoms with Gasteiger partial charge in [0.25, 0.3) is 0 Å². The van der Waals surface area contributed by atoms with Crippen LogP contribution in [-0.4, -0.2) is 83.1 Å². The van der Waals surface area contributed by atoms with Gasteiger partial charge in [0, 0.05) is 25.3 Å². The fourth-order valence-corrected chi connectivity index (χ4v) is 5.84. The molecule has 0 aromatic heterocycles. The van der Waals surface area contributed by atoms with Crippen molar-refractivity contribution >= 4 is 27.9 Å². The summed E-state index contributed by atoms with van der Waals surface area (Å²) in [4.78, 5) is 26.9. The van der Waals surface area contributed by atoms with Crippen molar-refractivity contribution in [1.82, 2.24) is 0 Å². The van der Waals surface area contributed by atoms with Crippen LogP contribution >= 0.6 is 0 Å². The normalized spacial score (nSPS) is 25.7. The van der Waals surface area contributed by atoms with Crippen LogP contribution in [0.5, 0.6) is 11.5 Å². The van der Waals surface area contributed by atoms with Crippen molar-refractivity contribution in [2.45, 2.75) is 70.7 Å². The monoisotopic (exact) mass is 672 g/mol. The molecule has 47 heavy (non-hydrogen) atoms. The van der Waals surface area contributed by atoms with Gasteiger partial charge >= 0.3 is 11.9 Å². The molecule has 5 atom stereocenters. The minimum atomic E-state index is -3.15. The van der Waals surface area contributed by atoms with Crippen LogP contribution in [0, 0.1) is 5.92 Å². The van der Waals surface area contributed by atoms with E-state index in [9.17, 15) is 18.0 Å². The van der Waals surface area contributed by atoms with Crippen LogP contribution in [0.15, 0.2) is 60.7 Å². The molecule has 2 aromatic rings. The average Bonchev–Trinajstić information content (AvgIpc) is 3.33. The molecule has 1 saturated heterocycles. The van der Waals surface area contributed by atoms with E-state index >= 15 is 0 Å². The van der Waals surface area contributed by atoms with Crippen LogP contribution in [0.2, 0.25) is 0 Å². The molecule has 0 spiro atoms. The number of cyclic esters (lactones) is 1. The molecule has 0 aliphatic carbocycles. The number of methoxy groups -OCH3 is 1. The number of rotatable bonds is 10. The van der Waals surface area contributed by atoms with Crippen molar-refractivity contribution in [2.75, 3.05) is 32.5 Å². The van der Waals surface area contributed by atoms with Crippen molar-refractivity contribution in [3.8, 4) is 11.5 Å². The van der Waals surface area contributed by atoms with E-state index in [1.165, 1.54) is 13.4 Å². The summed E-state index contributed by atoms with van der Waals surface area (Å²) >= 11 is 0. The largest absolute Gasteiger partial charge is 0.493 e. The Bertz CT molecular complexity index is 1550. The lowest BCUT2D eigenvalue weighted by atomic mass is 9.98. The molecule has 2 aliphatic rings. The van der Waals surface area contributed by atoms with Gasteiger partial charge in [-0.3, -0.25) is 0 Å². The zero-order valence-corrected chi connectivity index (χ0v) is 28.5. The molecular formula is C35H44O11S. The average molecular weight is 673 g/mol. The van der Waals surface area contributed by atoms with E-state index in [-0.39, 0.29) is 42.8 Å². The summed E-state index contributed by atoms with van der Waals surface area (Å²) in [5, 5.41) is 0. The van der Waals surface area contributed by atoms with Crippen molar-refractivity contribution in [2.24, 2.45) is 5.92 Å². The standard InChI is InChI=1S/C35H44O11S/c1-23-16-17-28(44-33(36)25-12-8-7-9-13-25)32-29(45-35(3,4)46-32)15-10-14-26-20-27(41-18-11-19-47(6,38)39)21-30(42-22-40-5)31(26)34(37)43-24(23)2/h7-10,12-14,16-17,20-21,23-24,28-29,32H,11,15,18-19,22H2,1-6H3/b14-10+,17-16-/t23-,24+,28?,29+,32?/m1/s1. The number of benzene rings is 2. The maximum Gasteiger partial charge on any atom is 0.342 e. The van der Waals surface area contributed by atoms with Crippen LogP contribution in [-0.2, 0) is 33.5 Å². The first-order chi connectivity index (χ1) is 22.3. The van der Waals surface area contributed by atoms with Gasteiger partial charge in [0.05, 0.1) is 24.0 Å². The van der Waals surface area contributed by atoms with Gasteiger partial charge in [0.2, 0.25) is 0 Å². The van der Waals surface area contributed by atoms with Crippen LogP contribution in [0.4, 0.5) is 0 Å². The van der Waals surface area contributed by atoms with E-state index < -0.39 is 52.0 Å². The number of esters is 2. The molecule has 0 radical (unpaired) electrons. The summed E-state index contributed by atoms with van der Waals surface area (Å²) in [6.07, 6.45) is 6.44. The fraction of sp³-hybridized carbons (Fsp3) is 0.486. The molecule has 256 valence electrons. The maximum absolute atomic E-state index is 13.7. The molecular weight excluding hydrogens is 628 g/mol. The molecule has 12 heteroatoms. The van der Waals surface area contributed by atoms with E-state index in [0.717, 1.165) is 0 Å². The van der Waals surface area contributed by atoms with Gasteiger partial charge in [-0.2, -0.15) is 0 Å². The van der Waals surface area contributed by atoms with Gasteiger partial charge in [0.15, 0.2) is 12.6 Å². The lowest BCUT2D eigenvalue weighted by Gasteiger charge is -2.25. The number of carbonyl (C=O) groups is 2. The number of carbonyl (C=O) groups excluding carboxylic acids is 2. The first kappa shape index (κ1) is 36.1. The zero-order valence-electron chi connectivity index (χ0n) is 27.7. The number of hydrogen-bond acceptors (Lipinski definition) is 11. The molecule has 0 saturated carbocycles. The number of ether oxygens (including phenoxy) is 7. The van der Waals surface area contributed by atoms with E-state index in [4.69, 9.17) is 33.2 Å². The molecule has 2 aromatic carbocycles. The highest BCUT2D eigenvalue weighted by atomic mass is 32.2. The maximum atomic E-state index is 13.7. The first-order valence-corrected chi connectivity index (χ1v) is 17.6. The molecule has 11 nitrogen and oxygen atoms in total. The molecule has 0 N–H and O–H groups in total. The predicted molar refractivity (Wildman–Crippen MR) is 175 cm³/mol. The van der Waals surface area contributed by atoms with Crippen LogP contribution in [0.1, 0.15) is 66.8 Å². The Balaban J connectivity index is 1.71. The Hall–Kier alpha value is -3.71. The molecule has 2 aliphatic heterocycles. The second-order valence-corrected chi connectivity index (χ2v) is 14.4. The minimum Gasteiger partial charge on any atom is -0.493 e. The molecule has 0 amide bonds. The van der Waals surface area contributed by atoms with Crippen molar-refractivity contribution in [3.05, 3.63) is 77.4 Å². The van der Waals surface area contributed by atoms with Gasteiger partial charge < -0.3 is 33.2 Å². The fourth-order valence-electron chi connectivity index (χ4n) is 5.20. The van der Waals surface area contributed by atoms with Gasteiger partial charge in [-0.05, 0) is 63.5 Å². The summed E-state index contributed by atoms with van der Waals surface area (Å²) in [7, 11) is -1.68. The third-order valence-corrected chi connectivity index (χ3v) is 8.70. The smallest absolute Gasteiger partial charge is 0.342 e. The van der Waals surface area contributed by atoms with Crippen molar-refractivity contribution in [3.63, 3.8) is 0 Å². The lowest BCUT2D eigenvalue weighted by Crippen LogP contribution is -2.37. The predicted octanol–water partition coefficient (Wildman–Crippen LogP) is 5.38. The molecule has 1 fully saturated rings. The molecule has 2 unspecified atom stereocenters. The summed E-state index contributed by atoms with van der Waals surface area (Å²) in [6.45, 7) is 7.27. The Morgan fingerprint density at radius 2 is 1.79 bits per heavy atom. The van der Waals surface area contributed by atoms with Crippen LogP contribution in [0.3, 0.4) is 0 Å². The number of hydrogen-bond donors (Lipinski definition) is 0. The quantitative estimate of drug-likeness (QED) is 0.139. The Kier molecular flexibility index (Phi) is 12.2. The SMILES string of the molecule is COCOc1cc(OCCCS(C)(=O)=O)cc2c1C(=O)O[C@@H](C)[C@H](C)/C=C\C(OC(=O)c1ccccc1)C1OC(C)(C)O[C@H]1C/C=C/2. The van der Waals surface area contributed by atoms with Gasteiger partial charge in [-0.1, -0.05) is 43.4 Å². The van der Waals surface area contributed by atoms with Crippen LogP contribution in [0.25, 0.3) is 6.08 Å². The summed E-state index contributed by atoms with van der Waals surface area (Å²) < 4.78 is 64.5. The van der Waals surface area contributed by atoms with E-state index in [0.29, 0.717) is 23.3 Å². The van der Waals surface area contributed by atoms with E-state index in [2.05, 4.69) is 0 Å². The van der Waals surface area contributed by atoms with Crippen LogP contribution < -0.4 is 9.47 Å². The highest BCUT2D eigenvalue weighted by molar-refractivity contribution is 7.90. The second-order valence-electron chi connectivity index (χ2n) is 12.1. The van der Waals surface area contributed by atoms with Gasteiger partial charge in [-0.25, -0.2) is 18.0 Å². The summed E-state index contributed by atoms with van der Waals surface area (Å²) in [5.74, 6) is -1.82. The number of sulfone groups is 1. The lowest BCUT2D eigenvalue weighted by molar-refractivity contribution is -0.152. The molecule has 0 bridgehead atoms. The van der Waals surface area contributed by atoms with Gasteiger partial charge in [0.1, 0.15) is 45.2 Å². The second kappa shape index (κ2) is 15.9. The Labute approximate surface area is 276 Å². The number of fused-ring (bicyclic) bond motifs is 2. The van der Waals surface area contributed by atoms with Gasteiger partial charge in [-0.15, -0.1) is 0 Å². The first-order valence-electron chi connectivity index (χ1n) is 15.5.